The van der Waals surface area contributed by atoms with Crippen LogP contribution in [0.1, 0.15) is 41.9 Å². The summed E-state index contributed by atoms with van der Waals surface area (Å²) in [6.07, 6.45) is 2.88. The minimum Gasteiger partial charge on any atom is -0.493 e. The predicted molar refractivity (Wildman–Crippen MR) is 98.9 cm³/mol. The van der Waals surface area contributed by atoms with E-state index in [1.54, 1.807) is 37.3 Å². The van der Waals surface area contributed by atoms with Crippen molar-refractivity contribution in [1.82, 2.24) is 10.2 Å². The summed E-state index contributed by atoms with van der Waals surface area (Å²) in [5.74, 6) is 1.06. The highest BCUT2D eigenvalue weighted by Crippen LogP contribution is 2.30. The Kier molecular flexibility index (Phi) is 5.69. The van der Waals surface area contributed by atoms with E-state index >= 15 is 0 Å². The summed E-state index contributed by atoms with van der Waals surface area (Å²) in [6, 6.07) is 8.07. The molecule has 7 heteroatoms. The van der Waals surface area contributed by atoms with E-state index in [-0.39, 0.29) is 23.6 Å². The van der Waals surface area contributed by atoms with Crippen LogP contribution in [0.3, 0.4) is 0 Å². The molecule has 1 N–H and O–H groups in total. The Labute approximate surface area is 158 Å². The van der Waals surface area contributed by atoms with Gasteiger partial charge in [-0.05, 0) is 49.6 Å². The van der Waals surface area contributed by atoms with Crippen molar-refractivity contribution in [1.29, 1.82) is 0 Å². The molecule has 2 aromatic rings. The number of rotatable bonds is 6. The number of likely N-dealkylation sites (tertiary alicyclic amines) is 1. The van der Waals surface area contributed by atoms with Crippen molar-refractivity contribution < 1.29 is 23.5 Å². The lowest BCUT2D eigenvalue weighted by Gasteiger charge is -2.25. The lowest BCUT2D eigenvalue weighted by molar-refractivity contribution is -0.125. The number of furan rings is 1. The molecule has 0 saturated carbocycles. The van der Waals surface area contributed by atoms with Gasteiger partial charge in [0.1, 0.15) is 6.04 Å². The number of benzene rings is 1. The molecule has 1 fully saturated rings. The van der Waals surface area contributed by atoms with E-state index in [2.05, 4.69) is 5.32 Å². The first-order chi connectivity index (χ1) is 13.0. The van der Waals surface area contributed by atoms with E-state index in [4.69, 9.17) is 13.9 Å². The van der Waals surface area contributed by atoms with Crippen molar-refractivity contribution in [3.63, 3.8) is 0 Å². The van der Waals surface area contributed by atoms with Gasteiger partial charge in [-0.15, -0.1) is 0 Å². The molecule has 0 radical (unpaired) electrons. The average molecular weight is 372 g/mol. The first kappa shape index (κ1) is 18.8. The summed E-state index contributed by atoms with van der Waals surface area (Å²) in [6.45, 7) is 2.44. The largest absolute Gasteiger partial charge is 0.493 e. The van der Waals surface area contributed by atoms with Crippen molar-refractivity contribution in [2.45, 2.75) is 31.8 Å². The summed E-state index contributed by atoms with van der Waals surface area (Å²) in [5, 5.41) is 3.00. The molecule has 0 spiro atoms. The fourth-order valence-electron chi connectivity index (χ4n) is 3.34. The van der Waals surface area contributed by atoms with Crippen molar-refractivity contribution in [3.8, 4) is 11.5 Å². The third-order valence-corrected chi connectivity index (χ3v) is 4.81. The second-order valence-electron chi connectivity index (χ2n) is 6.48. The maximum Gasteiger partial charge on any atom is 0.290 e. The van der Waals surface area contributed by atoms with Gasteiger partial charge < -0.3 is 24.1 Å². The summed E-state index contributed by atoms with van der Waals surface area (Å²) >= 11 is 0. The van der Waals surface area contributed by atoms with Gasteiger partial charge in [0.2, 0.25) is 5.91 Å². The zero-order valence-corrected chi connectivity index (χ0v) is 15.7. The average Bonchev–Trinajstić information content (AvgIpc) is 3.38. The monoisotopic (exact) mass is 372 g/mol. The van der Waals surface area contributed by atoms with Gasteiger partial charge in [-0.3, -0.25) is 9.59 Å². The molecule has 1 aromatic carbocycles. The molecule has 2 atom stereocenters. The van der Waals surface area contributed by atoms with Crippen LogP contribution in [0.4, 0.5) is 0 Å². The fourth-order valence-corrected chi connectivity index (χ4v) is 3.34. The molecule has 7 nitrogen and oxygen atoms in total. The lowest BCUT2D eigenvalue weighted by Crippen LogP contribution is -2.46. The van der Waals surface area contributed by atoms with Gasteiger partial charge in [-0.2, -0.15) is 0 Å². The number of hydrogen-bond acceptors (Lipinski definition) is 5. The van der Waals surface area contributed by atoms with E-state index in [0.29, 0.717) is 24.5 Å². The Hall–Kier alpha value is -2.96. The Balaban J connectivity index is 1.69. The normalized spacial score (nSPS) is 17.4. The van der Waals surface area contributed by atoms with Gasteiger partial charge in [0.05, 0.1) is 26.5 Å². The van der Waals surface area contributed by atoms with Crippen molar-refractivity contribution in [2.75, 3.05) is 20.8 Å². The van der Waals surface area contributed by atoms with Crippen LogP contribution in [0.2, 0.25) is 0 Å². The Morgan fingerprint density at radius 1 is 1.22 bits per heavy atom. The van der Waals surface area contributed by atoms with Crippen LogP contribution >= 0.6 is 0 Å². The van der Waals surface area contributed by atoms with Crippen LogP contribution in [0.5, 0.6) is 11.5 Å². The second-order valence-corrected chi connectivity index (χ2v) is 6.48. The molecule has 144 valence electrons. The fraction of sp³-hybridized carbons (Fsp3) is 0.400. The Morgan fingerprint density at radius 3 is 2.67 bits per heavy atom. The van der Waals surface area contributed by atoms with Crippen LogP contribution in [0.15, 0.2) is 41.0 Å². The van der Waals surface area contributed by atoms with Crippen LogP contribution in [-0.2, 0) is 4.79 Å². The van der Waals surface area contributed by atoms with E-state index in [1.165, 1.54) is 6.26 Å². The summed E-state index contributed by atoms with van der Waals surface area (Å²) in [4.78, 5) is 26.9. The molecule has 27 heavy (non-hydrogen) atoms. The van der Waals surface area contributed by atoms with Crippen molar-refractivity contribution in [3.05, 3.63) is 47.9 Å². The molecule has 1 saturated heterocycles. The number of carbonyl (C=O) groups excluding carboxylic acids is 2. The summed E-state index contributed by atoms with van der Waals surface area (Å²) in [5.41, 5.74) is 0.892. The highest BCUT2D eigenvalue weighted by molar-refractivity contribution is 5.96. The third kappa shape index (κ3) is 3.92. The quantitative estimate of drug-likeness (QED) is 0.843. The van der Waals surface area contributed by atoms with Gasteiger partial charge in [0, 0.05) is 6.54 Å². The van der Waals surface area contributed by atoms with E-state index < -0.39 is 6.04 Å². The minimum absolute atomic E-state index is 0.172. The number of nitrogens with zero attached hydrogens (tertiary/aromatic N) is 1. The highest BCUT2D eigenvalue weighted by atomic mass is 16.5. The molecule has 2 heterocycles. The van der Waals surface area contributed by atoms with Crippen LogP contribution in [0, 0.1) is 0 Å². The van der Waals surface area contributed by atoms with Gasteiger partial charge in [-0.25, -0.2) is 0 Å². The second kappa shape index (κ2) is 8.16. The zero-order chi connectivity index (χ0) is 19.4. The minimum atomic E-state index is -0.495. The number of nitrogens with one attached hydrogen (secondary N) is 1. The molecular formula is C20H24N2O5. The Bertz CT molecular complexity index is 803. The Morgan fingerprint density at radius 2 is 2.00 bits per heavy atom. The SMILES string of the molecule is COc1ccc(C(C)NC(=O)C2CCCN2C(=O)c2ccco2)cc1OC. The van der Waals surface area contributed by atoms with E-state index in [0.717, 1.165) is 12.0 Å². The molecule has 0 bridgehead atoms. The first-order valence-corrected chi connectivity index (χ1v) is 8.92. The molecule has 0 aliphatic carbocycles. The summed E-state index contributed by atoms with van der Waals surface area (Å²) in [7, 11) is 3.15. The number of carbonyl (C=O) groups is 2. The van der Waals surface area contributed by atoms with Crippen LogP contribution < -0.4 is 14.8 Å². The maximum absolute atomic E-state index is 12.8. The van der Waals surface area contributed by atoms with Crippen molar-refractivity contribution in [2.24, 2.45) is 0 Å². The number of hydrogen-bond donors (Lipinski definition) is 1. The first-order valence-electron chi connectivity index (χ1n) is 8.92. The van der Waals surface area contributed by atoms with Crippen LogP contribution in [-0.4, -0.2) is 43.5 Å². The molecule has 1 aliphatic rings. The van der Waals surface area contributed by atoms with Gasteiger partial charge in [-0.1, -0.05) is 6.07 Å². The molecule has 2 unspecified atom stereocenters. The number of amides is 2. The van der Waals surface area contributed by atoms with Gasteiger partial charge in [0.25, 0.3) is 5.91 Å². The number of ether oxygens (including phenoxy) is 2. The molecule has 3 rings (SSSR count). The summed E-state index contributed by atoms with van der Waals surface area (Å²) < 4.78 is 15.7. The van der Waals surface area contributed by atoms with Crippen molar-refractivity contribution >= 4 is 11.8 Å². The zero-order valence-electron chi connectivity index (χ0n) is 15.7. The number of methoxy groups -OCH3 is 2. The molecule has 1 aromatic heterocycles. The molecule has 1 aliphatic heterocycles. The predicted octanol–water partition coefficient (Wildman–Crippen LogP) is 2.78. The smallest absolute Gasteiger partial charge is 0.290 e. The molecule has 2 amide bonds. The van der Waals surface area contributed by atoms with E-state index in [9.17, 15) is 9.59 Å². The third-order valence-electron chi connectivity index (χ3n) is 4.81. The highest BCUT2D eigenvalue weighted by Gasteiger charge is 2.36. The topological polar surface area (TPSA) is 81.0 Å². The van der Waals surface area contributed by atoms with Gasteiger partial charge in [0.15, 0.2) is 17.3 Å². The van der Waals surface area contributed by atoms with Crippen LogP contribution in [0.25, 0.3) is 0 Å². The standard InChI is InChI=1S/C20H24N2O5/c1-13(14-8-9-16(25-2)18(12-14)26-3)21-19(23)15-6-4-10-22(15)20(24)17-7-5-11-27-17/h5,7-9,11-13,15H,4,6,10H2,1-3H3,(H,21,23). The molecular weight excluding hydrogens is 348 g/mol. The maximum atomic E-state index is 12.8. The van der Waals surface area contributed by atoms with Gasteiger partial charge >= 0.3 is 0 Å². The van der Waals surface area contributed by atoms with E-state index in [1.807, 2.05) is 19.1 Å². The lowest BCUT2D eigenvalue weighted by atomic mass is 10.1.